The molecule has 240 valence electrons. The van der Waals surface area contributed by atoms with Gasteiger partial charge in [0.25, 0.3) is 19.5 Å². The zero-order chi connectivity index (χ0) is 31.5. The van der Waals surface area contributed by atoms with Crippen LogP contribution in [0.4, 0.5) is 0 Å². The Morgan fingerprint density at radius 3 is 1.51 bits per heavy atom. The third-order valence-electron chi connectivity index (χ3n) is 14.0. The summed E-state index contributed by atoms with van der Waals surface area (Å²) in [7, 11) is -0.755. The monoisotopic (exact) mass is 646 g/mol. The smallest absolute Gasteiger partial charge is 0.255 e. The molecule has 9 heteroatoms. The normalized spacial score (nSPS) is 46.4. The van der Waals surface area contributed by atoms with Gasteiger partial charge in [0.1, 0.15) is 21.9 Å². The maximum Gasteiger partial charge on any atom is 0.255 e. The Kier molecular flexibility index (Phi) is 7.06. The van der Waals surface area contributed by atoms with Crippen LogP contribution in [0.5, 0.6) is 11.5 Å². The number of benzene rings is 2. The van der Waals surface area contributed by atoms with E-state index >= 15 is 0 Å². The average Bonchev–Trinajstić information content (AvgIpc) is 3.35. The van der Waals surface area contributed by atoms with Crippen molar-refractivity contribution >= 4 is 19.5 Å². The average molecular weight is 647 g/mol. The second-order valence-corrected chi connectivity index (χ2v) is 19.0. The molecule has 12 atom stereocenters. The fourth-order valence-electron chi connectivity index (χ4n) is 11.7. The van der Waals surface area contributed by atoms with Crippen molar-refractivity contribution in [2.24, 2.45) is 34.5 Å². The number of hydrogen-bond donors (Lipinski definition) is 6. The van der Waals surface area contributed by atoms with Crippen molar-refractivity contribution in [1.29, 1.82) is 0 Å². The summed E-state index contributed by atoms with van der Waals surface area (Å²) in [5.74, 6) is 2.40. The molecule has 0 aliphatic heterocycles. The molecule has 4 saturated carbocycles. The van der Waals surface area contributed by atoms with Crippen molar-refractivity contribution in [3.05, 3.63) is 58.7 Å². The van der Waals surface area contributed by atoms with E-state index in [0.717, 1.165) is 51.4 Å². The Labute approximate surface area is 270 Å². The fraction of sp³-hybridized carbons (Fsp3) is 0.667. The molecular formula is C36H46O7Si2. The van der Waals surface area contributed by atoms with E-state index in [1.54, 1.807) is 12.1 Å². The van der Waals surface area contributed by atoms with Crippen molar-refractivity contribution in [3.63, 3.8) is 0 Å². The number of hydrogen-bond acceptors (Lipinski definition) is 7. The van der Waals surface area contributed by atoms with Crippen molar-refractivity contribution in [2.75, 3.05) is 0 Å². The lowest BCUT2D eigenvalue weighted by atomic mass is 9.55. The van der Waals surface area contributed by atoms with Gasteiger partial charge in [-0.15, -0.1) is 0 Å². The lowest BCUT2D eigenvalue weighted by Crippen LogP contribution is -2.54. The van der Waals surface area contributed by atoms with E-state index in [4.69, 9.17) is 4.12 Å². The quantitative estimate of drug-likeness (QED) is 0.276. The molecule has 2 aromatic rings. The molecule has 0 heterocycles. The number of phenolic OH excluding ortho intramolecular Hbond substituents is 2. The van der Waals surface area contributed by atoms with Gasteiger partial charge in [-0.05, 0) is 157 Å². The summed E-state index contributed by atoms with van der Waals surface area (Å²) in [6, 6.07) is 11.5. The molecule has 2 aromatic carbocycles. The van der Waals surface area contributed by atoms with E-state index in [1.165, 1.54) is 22.3 Å². The second-order valence-electron chi connectivity index (χ2n) is 16.1. The van der Waals surface area contributed by atoms with E-state index in [0.29, 0.717) is 48.0 Å². The minimum atomic E-state index is -1.38. The molecule has 0 aromatic heterocycles. The van der Waals surface area contributed by atoms with E-state index in [1.807, 2.05) is 12.1 Å². The van der Waals surface area contributed by atoms with Crippen LogP contribution in [0.2, 0.25) is 0 Å². The SMILES string of the molecule is C[C@]12CCC3c4ccc(O)cc4CCC3C1C[C@@](O)([Si]O[Si][C@]1(O)CC3C4CCc5cc(O)ccc5C4CC[C@]3(C)[C@H]1O)[C@@H]2O. The Morgan fingerprint density at radius 1 is 0.667 bits per heavy atom. The van der Waals surface area contributed by atoms with Gasteiger partial charge in [0.15, 0.2) is 0 Å². The second kappa shape index (κ2) is 10.4. The summed E-state index contributed by atoms with van der Waals surface area (Å²) >= 11 is 0. The highest BCUT2D eigenvalue weighted by atomic mass is 28.3. The van der Waals surface area contributed by atoms with Crippen LogP contribution in [0.3, 0.4) is 0 Å². The van der Waals surface area contributed by atoms with Crippen molar-refractivity contribution in [1.82, 2.24) is 0 Å². The van der Waals surface area contributed by atoms with Crippen LogP contribution in [0, 0.1) is 34.5 Å². The van der Waals surface area contributed by atoms with E-state index in [-0.39, 0.29) is 31.4 Å². The third kappa shape index (κ3) is 4.44. The first-order valence-corrected chi connectivity index (χ1v) is 18.8. The topological polar surface area (TPSA) is 131 Å². The summed E-state index contributed by atoms with van der Waals surface area (Å²) in [6.45, 7) is 4.27. The van der Waals surface area contributed by atoms with E-state index in [2.05, 4.69) is 26.0 Å². The summed E-state index contributed by atoms with van der Waals surface area (Å²) in [6.07, 6.45) is 6.43. The predicted octanol–water partition coefficient (Wildman–Crippen LogP) is 4.08. The van der Waals surface area contributed by atoms with Gasteiger partial charge in [0, 0.05) is 0 Å². The molecular weight excluding hydrogens is 601 g/mol. The highest BCUT2D eigenvalue weighted by Gasteiger charge is 2.66. The molecule has 0 amide bonds. The molecule has 6 unspecified atom stereocenters. The van der Waals surface area contributed by atoms with Gasteiger partial charge in [-0.1, -0.05) is 26.0 Å². The Hall–Kier alpha value is -1.73. The fourth-order valence-corrected chi connectivity index (χ4v) is 14.8. The highest BCUT2D eigenvalue weighted by molar-refractivity contribution is 6.47. The molecule has 6 N–H and O–H groups in total. The first-order valence-electron chi connectivity index (χ1n) is 17.0. The van der Waals surface area contributed by atoms with Crippen LogP contribution in [0.25, 0.3) is 0 Å². The number of fused-ring (bicyclic) bond motifs is 10. The molecule has 4 radical (unpaired) electrons. The molecule has 4 fully saturated rings. The first-order chi connectivity index (χ1) is 21.4. The molecule has 0 bridgehead atoms. The molecule has 6 aliphatic rings. The summed E-state index contributed by atoms with van der Waals surface area (Å²) in [4.78, 5) is 0. The van der Waals surface area contributed by atoms with Gasteiger partial charge < -0.3 is 34.8 Å². The Bertz CT molecular complexity index is 1390. The van der Waals surface area contributed by atoms with Crippen LogP contribution >= 0.6 is 0 Å². The zero-order valence-corrected chi connectivity index (χ0v) is 28.2. The standard InChI is InChI=1S/C36H46O7Si2/c1-33-13-11-25-23-9-5-21(37)15-19(23)3-7-27(25)29(33)17-35(41,31(33)39)44-43-45-36(42)18-30-28-8-4-20-16-22(38)6-10-24(20)26(28)12-14-34(30,2)32(36)40/h5-6,9-10,15-16,25-32,37-42H,3-4,7-8,11-14,17-18H2,1-2H3/t25?,26?,27?,28?,29?,30?,31-,32-,33+,34+,35-,36-/m1/s1. The lowest BCUT2D eigenvalue weighted by Gasteiger charge is -2.50. The molecule has 7 nitrogen and oxygen atoms in total. The van der Waals surface area contributed by atoms with Crippen LogP contribution in [-0.4, -0.2) is 72.8 Å². The van der Waals surface area contributed by atoms with Gasteiger partial charge in [-0.3, -0.25) is 0 Å². The Morgan fingerprint density at radius 2 is 1.09 bits per heavy atom. The number of aliphatic hydroxyl groups excluding tert-OH is 2. The molecule has 0 saturated heterocycles. The van der Waals surface area contributed by atoms with E-state index < -0.39 is 33.5 Å². The molecule has 0 spiro atoms. The number of aromatic hydroxyl groups is 2. The highest BCUT2D eigenvalue weighted by Crippen LogP contribution is 2.65. The third-order valence-corrected chi connectivity index (χ3v) is 16.4. The van der Waals surface area contributed by atoms with Crippen LogP contribution in [-0.2, 0) is 17.0 Å². The lowest BCUT2D eigenvalue weighted by molar-refractivity contribution is -0.0717. The number of aryl methyl sites for hydroxylation is 2. The first kappa shape index (κ1) is 30.6. The summed E-state index contributed by atoms with van der Waals surface area (Å²) < 4.78 is 6.24. The largest absolute Gasteiger partial charge is 0.508 e. The van der Waals surface area contributed by atoms with Crippen LogP contribution < -0.4 is 0 Å². The maximum absolute atomic E-state index is 12.0. The predicted molar refractivity (Wildman–Crippen MR) is 171 cm³/mol. The van der Waals surface area contributed by atoms with Crippen molar-refractivity contribution in [3.8, 4) is 11.5 Å². The Balaban J connectivity index is 0.967. The molecule has 8 rings (SSSR count). The van der Waals surface area contributed by atoms with E-state index in [9.17, 15) is 30.6 Å². The minimum Gasteiger partial charge on any atom is -0.508 e. The minimum absolute atomic E-state index is 0.160. The molecule has 6 aliphatic carbocycles. The van der Waals surface area contributed by atoms with Crippen LogP contribution in [0.15, 0.2) is 36.4 Å². The molecule has 45 heavy (non-hydrogen) atoms. The summed E-state index contributed by atoms with van der Waals surface area (Å²) in [5, 5.41) is 64.6. The number of phenols is 2. The van der Waals surface area contributed by atoms with Gasteiger partial charge in [0.2, 0.25) is 0 Å². The van der Waals surface area contributed by atoms with Crippen molar-refractivity contribution < 1.29 is 34.8 Å². The summed E-state index contributed by atoms with van der Waals surface area (Å²) in [5.41, 5.74) is 4.26. The van der Waals surface area contributed by atoms with Gasteiger partial charge in [-0.2, -0.15) is 0 Å². The maximum atomic E-state index is 12.0. The zero-order valence-electron chi connectivity index (χ0n) is 26.2. The van der Waals surface area contributed by atoms with Crippen LogP contribution in [0.1, 0.15) is 99.3 Å². The van der Waals surface area contributed by atoms with Gasteiger partial charge >= 0.3 is 0 Å². The van der Waals surface area contributed by atoms with Gasteiger partial charge in [0.05, 0.1) is 12.2 Å². The van der Waals surface area contributed by atoms with Gasteiger partial charge in [-0.25, -0.2) is 0 Å². The van der Waals surface area contributed by atoms with Crippen molar-refractivity contribution in [2.45, 2.75) is 113 Å². The number of rotatable bonds is 4. The number of aliphatic hydroxyl groups is 4.